The van der Waals surface area contributed by atoms with Crippen LogP contribution in [0.1, 0.15) is 79.1 Å². The molecule has 3 rings (SSSR count). The molecular formula is C25H42O2. The minimum Gasteiger partial charge on any atom is -0.396 e. The van der Waals surface area contributed by atoms with E-state index in [2.05, 4.69) is 39.8 Å². The topological polar surface area (TPSA) is 29.5 Å². The first-order valence-electron chi connectivity index (χ1n) is 11.5. The first-order chi connectivity index (χ1) is 12.9. The molecular weight excluding hydrogens is 332 g/mol. The van der Waals surface area contributed by atoms with E-state index >= 15 is 0 Å². The average molecular weight is 375 g/mol. The highest BCUT2D eigenvalue weighted by Crippen LogP contribution is 2.59. The Morgan fingerprint density at radius 2 is 2.04 bits per heavy atom. The molecule has 0 heterocycles. The molecule has 3 saturated carbocycles. The van der Waals surface area contributed by atoms with E-state index in [0.717, 1.165) is 30.6 Å². The average Bonchev–Trinajstić information content (AvgIpc) is 3.04. The van der Waals surface area contributed by atoms with Gasteiger partial charge < -0.3 is 9.84 Å². The lowest BCUT2D eigenvalue weighted by molar-refractivity contribution is 0.00500. The summed E-state index contributed by atoms with van der Waals surface area (Å²) in [7, 11) is 1.82. The van der Waals surface area contributed by atoms with Gasteiger partial charge in [-0.25, -0.2) is 0 Å². The summed E-state index contributed by atoms with van der Waals surface area (Å²) in [6, 6.07) is 0. The fourth-order valence-corrected chi connectivity index (χ4v) is 6.74. The number of allylic oxidation sites excluding steroid dienone is 3. The van der Waals surface area contributed by atoms with Crippen molar-refractivity contribution in [3.8, 4) is 0 Å². The number of hydrogen-bond acceptors (Lipinski definition) is 2. The van der Waals surface area contributed by atoms with E-state index in [1.54, 1.807) is 5.57 Å². The summed E-state index contributed by atoms with van der Waals surface area (Å²) in [5, 5.41) is 9.77. The van der Waals surface area contributed by atoms with Gasteiger partial charge in [0.2, 0.25) is 0 Å². The second kappa shape index (κ2) is 8.82. The molecule has 0 spiro atoms. The van der Waals surface area contributed by atoms with Gasteiger partial charge in [0.05, 0.1) is 6.10 Å². The van der Waals surface area contributed by atoms with Crippen LogP contribution in [-0.4, -0.2) is 24.9 Å². The van der Waals surface area contributed by atoms with E-state index in [0.29, 0.717) is 17.3 Å². The highest BCUT2D eigenvalue weighted by atomic mass is 16.5. The molecule has 154 valence electrons. The summed E-state index contributed by atoms with van der Waals surface area (Å²) in [4.78, 5) is 0. The Hall–Kier alpha value is -0.600. The van der Waals surface area contributed by atoms with E-state index in [9.17, 15) is 5.11 Å². The number of hydrogen-bond donors (Lipinski definition) is 1. The molecule has 0 radical (unpaired) electrons. The predicted octanol–water partition coefficient (Wildman–Crippen LogP) is 6.16. The van der Waals surface area contributed by atoms with Gasteiger partial charge in [-0.1, -0.05) is 57.4 Å². The van der Waals surface area contributed by atoms with Crippen LogP contribution in [0, 0.1) is 35.0 Å². The zero-order valence-electron chi connectivity index (χ0n) is 18.3. The second-order valence-corrected chi connectivity index (χ2v) is 10.0. The van der Waals surface area contributed by atoms with Crippen LogP contribution in [-0.2, 0) is 4.74 Å². The minimum absolute atomic E-state index is 0.249. The molecule has 27 heavy (non-hydrogen) atoms. The van der Waals surface area contributed by atoms with Crippen molar-refractivity contribution in [3.63, 3.8) is 0 Å². The van der Waals surface area contributed by atoms with Crippen molar-refractivity contribution in [1.29, 1.82) is 0 Å². The molecule has 2 nitrogen and oxygen atoms in total. The summed E-state index contributed by atoms with van der Waals surface area (Å²) >= 11 is 0. The quantitative estimate of drug-likeness (QED) is 0.625. The van der Waals surface area contributed by atoms with Gasteiger partial charge in [-0.15, -0.1) is 0 Å². The number of fused-ring (bicyclic) bond motifs is 1. The van der Waals surface area contributed by atoms with E-state index in [1.165, 1.54) is 44.1 Å². The lowest BCUT2D eigenvalue weighted by atomic mass is 9.61. The normalized spacial score (nSPS) is 43.9. The van der Waals surface area contributed by atoms with Crippen molar-refractivity contribution in [2.75, 3.05) is 13.7 Å². The number of methoxy groups -OCH3 is 1. The van der Waals surface area contributed by atoms with Gasteiger partial charge in [0.25, 0.3) is 0 Å². The van der Waals surface area contributed by atoms with Crippen LogP contribution in [0.2, 0.25) is 0 Å². The molecule has 0 aromatic rings. The van der Waals surface area contributed by atoms with Crippen LogP contribution in [0.15, 0.2) is 23.3 Å². The third-order valence-electron chi connectivity index (χ3n) is 8.76. The number of aliphatic hydroxyl groups is 1. The molecule has 0 aromatic heterocycles. The molecule has 2 heteroatoms. The zero-order valence-corrected chi connectivity index (χ0v) is 18.3. The fraction of sp³-hybridized carbons (Fsp3) is 0.840. The van der Waals surface area contributed by atoms with Gasteiger partial charge in [0, 0.05) is 13.7 Å². The molecule has 1 N–H and O–H groups in total. The van der Waals surface area contributed by atoms with Crippen molar-refractivity contribution in [1.82, 2.24) is 0 Å². The van der Waals surface area contributed by atoms with Crippen molar-refractivity contribution in [3.05, 3.63) is 23.3 Å². The van der Waals surface area contributed by atoms with E-state index in [4.69, 9.17) is 4.74 Å². The summed E-state index contributed by atoms with van der Waals surface area (Å²) in [6.07, 6.45) is 15.3. The Balaban J connectivity index is 1.78. The second-order valence-electron chi connectivity index (χ2n) is 10.0. The third kappa shape index (κ3) is 4.08. The first-order valence-corrected chi connectivity index (χ1v) is 11.5. The predicted molar refractivity (Wildman–Crippen MR) is 114 cm³/mol. The highest BCUT2D eigenvalue weighted by molar-refractivity contribution is 5.26. The zero-order chi connectivity index (χ0) is 19.6. The fourth-order valence-electron chi connectivity index (χ4n) is 6.74. The maximum absolute atomic E-state index is 9.77. The first kappa shape index (κ1) is 21.1. The highest BCUT2D eigenvalue weighted by Gasteiger charge is 2.50. The van der Waals surface area contributed by atoms with Crippen molar-refractivity contribution < 1.29 is 9.84 Å². The summed E-state index contributed by atoms with van der Waals surface area (Å²) < 4.78 is 5.72. The summed E-state index contributed by atoms with van der Waals surface area (Å²) in [6.45, 7) is 9.92. The van der Waals surface area contributed by atoms with Crippen LogP contribution in [0.4, 0.5) is 0 Å². The Bertz CT molecular complexity index is 547. The Kier molecular flexibility index (Phi) is 6.90. The molecule has 0 amide bonds. The van der Waals surface area contributed by atoms with Crippen molar-refractivity contribution in [2.45, 2.75) is 85.2 Å². The van der Waals surface area contributed by atoms with E-state index in [1.807, 2.05) is 7.11 Å². The molecule has 3 aliphatic rings. The summed E-state index contributed by atoms with van der Waals surface area (Å²) in [5.41, 5.74) is 3.69. The Labute approximate surface area is 167 Å². The van der Waals surface area contributed by atoms with Crippen LogP contribution in [0.25, 0.3) is 0 Å². The van der Waals surface area contributed by atoms with E-state index < -0.39 is 0 Å². The van der Waals surface area contributed by atoms with Crippen LogP contribution in [0.5, 0.6) is 0 Å². The third-order valence-corrected chi connectivity index (χ3v) is 8.76. The molecule has 0 saturated heterocycles. The Morgan fingerprint density at radius 3 is 2.70 bits per heavy atom. The number of ether oxygens (including phenoxy) is 1. The van der Waals surface area contributed by atoms with Gasteiger partial charge >= 0.3 is 0 Å². The molecule has 0 bridgehead atoms. The standard InChI is InChI=1S/C25H42O2/c1-6-17(2)22-11-12-23-20(8-7-13-25(22,23)4)10-9-19-14-21(16-26)18(3)24(15-19)27-5/h9-10,17-18,21-24,26H,6-8,11-16H2,1-5H3/b19-9-,20-10+/t17-,18+,21-,22?,23-,24+,25+/m0/s1. The molecule has 0 aromatic carbocycles. The van der Waals surface area contributed by atoms with Gasteiger partial charge in [0.1, 0.15) is 0 Å². The number of aliphatic hydroxyl groups excluding tert-OH is 1. The largest absolute Gasteiger partial charge is 0.396 e. The molecule has 3 fully saturated rings. The lowest BCUT2D eigenvalue weighted by Gasteiger charge is -2.44. The molecule has 1 unspecified atom stereocenters. The monoisotopic (exact) mass is 374 g/mol. The van der Waals surface area contributed by atoms with Crippen LogP contribution < -0.4 is 0 Å². The van der Waals surface area contributed by atoms with Gasteiger partial charge in [-0.3, -0.25) is 0 Å². The summed E-state index contributed by atoms with van der Waals surface area (Å²) in [5.74, 6) is 3.32. The van der Waals surface area contributed by atoms with Gasteiger partial charge in [-0.2, -0.15) is 0 Å². The molecule has 0 aliphatic heterocycles. The van der Waals surface area contributed by atoms with Crippen LogP contribution in [0.3, 0.4) is 0 Å². The van der Waals surface area contributed by atoms with Crippen molar-refractivity contribution >= 4 is 0 Å². The minimum atomic E-state index is 0.249. The van der Waals surface area contributed by atoms with Crippen molar-refractivity contribution in [2.24, 2.45) is 35.0 Å². The lowest BCUT2D eigenvalue weighted by Crippen LogP contribution is -2.36. The smallest absolute Gasteiger partial charge is 0.0637 e. The van der Waals surface area contributed by atoms with Gasteiger partial charge in [-0.05, 0) is 80.0 Å². The SMILES string of the molecule is CC[C@H](C)C1CC[C@H]2/C(=C/C=C3/C[C@@H](CO)[C@@H](C)[C@H](OC)C3)CCC[C@]12C. The Morgan fingerprint density at radius 1 is 1.26 bits per heavy atom. The van der Waals surface area contributed by atoms with Gasteiger partial charge in [0.15, 0.2) is 0 Å². The maximum Gasteiger partial charge on any atom is 0.0637 e. The molecule has 3 aliphatic carbocycles. The molecule has 7 atom stereocenters. The number of rotatable bonds is 5. The maximum atomic E-state index is 9.77. The van der Waals surface area contributed by atoms with E-state index in [-0.39, 0.29) is 12.7 Å². The van der Waals surface area contributed by atoms with Crippen LogP contribution >= 0.6 is 0 Å².